The van der Waals surface area contributed by atoms with Crippen LogP contribution < -0.4 is 5.32 Å². The van der Waals surface area contributed by atoms with E-state index in [1.807, 2.05) is 86.6 Å². The molecule has 0 radical (unpaired) electrons. The molecule has 4 aromatic carbocycles. The maximum atomic E-state index is 13.1. The van der Waals surface area contributed by atoms with Gasteiger partial charge in [0.2, 0.25) is 0 Å². The molecule has 0 aliphatic carbocycles. The van der Waals surface area contributed by atoms with E-state index in [0.717, 1.165) is 42.7 Å². The minimum atomic E-state index is -0.546. The number of carbonyl (C=O) groups is 2. The molecule has 1 amide bonds. The van der Waals surface area contributed by atoms with Gasteiger partial charge >= 0.3 is 5.97 Å². The number of amides is 1. The highest BCUT2D eigenvalue weighted by atomic mass is 32.1. The summed E-state index contributed by atoms with van der Waals surface area (Å²) in [5.74, 6) is -0.927. The number of fused-ring (bicyclic) bond motifs is 2. The molecule has 0 saturated heterocycles. The van der Waals surface area contributed by atoms with E-state index in [-0.39, 0.29) is 12.5 Å². The Morgan fingerprint density at radius 2 is 1.74 bits per heavy atom. The van der Waals surface area contributed by atoms with Gasteiger partial charge in [-0.25, -0.2) is 9.78 Å². The Balaban J connectivity index is 1.42. The zero-order valence-electron chi connectivity index (χ0n) is 18.8. The van der Waals surface area contributed by atoms with Crippen molar-refractivity contribution < 1.29 is 14.3 Å². The Morgan fingerprint density at radius 3 is 2.56 bits per heavy atom. The summed E-state index contributed by atoms with van der Waals surface area (Å²) >= 11 is 1.58. The van der Waals surface area contributed by atoms with E-state index in [2.05, 4.69) is 5.32 Å². The smallest absolute Gasteiger partial charge is 0.339 e. The molecule has 0 atom stereocenters. The minimum Gasteiger partial charge on any atom is -0.452 e. The Labute approximate surface area is 201 Å². The Kier molecular flexibility index (Phi) is 5.82. The van der Waals surface area contributed by atoms with Gasteiger partial charge in [0.25, 0.3) is 5.91 Å². The molecule has 5 rings (SSSR count). The lowest BCUT2D eigenvalue weighted by Crippen LogP contribution is -2.21. The summed E-state index contributed by atoms with van der Waals surface area (Å²) in [6, 6.07) is 25.1. The van der Waals surface area contributed by atoms with Crippen molar-refractivity contribution in [3.8, 4) is 10.6 Å². The van der Waals surface area contributed by atoms with Crippen LogP contribution in [-0.2, 0) is 9.53 Å². The van der Waals surface area contributed by atoms with Gasteiger partial charge in [-0.3, -0.25) is 4.79 Å². The van der Waals surface area contributed by atoms with Gasteiger partial charge in [0.05, 0.1) is 15.8 Å². The molecule has 0 unspecified atom stereocenters. The average Bonchev–Trinajstić information content (AvgIpc) is 3.28. The van der Waals surface area contributed by atoms with Crippen LogP contribution in [0.25, 0.3) is 31.6 Å². The summed E-state index contributed by atoms with van der Waals surface area (Å²) in [6.07, 6.45) is 0. The van der Waals surface area contributed by atoms with Crippen molar-refractivity contribution in [3.05, 3.63) is 95.6 Å². The van der Waals surface area contributed by atoms with Crippen LogP contribution in [0.5, 0.6) is 0 Å². The van der Waals surface area contributed by atoms with E-state index in [1.54, 1.807) is 17.4 Å². The van der Waals surface area contributed by atoms with E-state index < -0.39 is 5.97 Å². The number of hydrogen-bond acceptors (Lipinski definition) is 5. The average molecular weight is 467 g/mol. The van der Waals surface area contributed by atoms with Crippen molar-refractivity contribution in [2.45, 2.75) is 13.8 Å². The molecule has 168 valence electrons. The molecule has 0 spiro atoms. The number of hydrogen-bond donors (Lipinski definition) is 1. The topological polar surface area (TPSA) is 68.3 Å². The summed E-state index contributed by atoms with van der Waals surface area (Å²) < 4.78 is 6.50. The number of esters is 1. The molecule has 34 heavy (non-hydrogen) atoms. The van der Waals surface area contributed by atoms with Crippen molar-refractivity contribution in [2.75, 3.05) is 11.9 Å². The largest absolute Gasteiger partial charge is 0.452 e. The molecular weight excluding hydrogens is 444 g/mol. The first kappa shape index (κ1) is 21.8. The third-order valence-electron chi connectivity index (χ3n) is 5.65. The number of anilines is 1. The van der Waals surface area contributed by atoms with Gasteiger partial charge in [0.1, 0.15) is 5.01 Å². The third kappa shape index (κ3) is 4.28. The van der Waals surface area contributed by atoms with Gasteiger partial charge in [-0.15, -0.1) is 11.3 Å². The summed E-state index contributed by atoms with van der Waals surface area (Å²) in [5, 5.41) is 5.33. The number of para-hydroxylation sites is 1. The molecule has 1 aromatic heterocycles. The second-order valence-electron chi connectivity index (χ2n) is 8.14. The molecule has 0 fully saturated rings. The van der Waals surface area contributed by atoms with Crippen LogP contribution in [0, 0.1) is 13.8 Å². The minimum absolute atomic E-state index is 0.369. The van der Waals surface area contributed by atoms with Gasteiger partial charge in [-0.1, -0.05) is 54.6 Å². The van der Waals surface area contributed by atoms with Crippen molar-refractivity contribution in [2.24, 2.45) is 0 Å². The number of nitrogens with one attached hydrogen (secondary N) is 1. The summed E-state index contributed by atoms with van der Waals surface area (Å²) in [7, 11) is 0. The van der Waals surface area contributed by atoms with Crippen molar-refractivity contribution in [3.63, 3.8) is 0 Å². The second kappa shape index (κ2) is 9.08. The molecule has 1 heterocycles. The van der Waals surface area contributed by atoms with E-state index in [1.165, 1.54) is 0 Å². The predicted molar refractivity (Wildman–Crippen MR) is 137 cm³/mol. The monoisotopic (exact) mass is 466 g/mol. The van der Waals surface area contributed by atoms with E-state index >= 15 is 0 Å². The van der Waals surface area contributed by atoms with Crippen LogP contribution >= 0.6 is 11.3 Å². The normalized spacial score (nSPS) is 11.0. The van der Waals surface area contributed by atoms with Crippen LogP contribution in [0.15, 0.2) is 78.9 Å². The number of ether oxygens (including phenoxy) is 1. The zero-order chi connectivity index (χ0) is 23.7. The number of aryl methyl sites for hydroxylation is 2. The summed E-state index contributed by atoms with van der Waals surface area (Å²) in [5.41, 5.74) is 4.89. The highest BCUT2D eigenvalue weighted by Crippen LogP contribution is 2.36. The Morgan fingerprint density at radius 1 is 0.941 bits per heavy atom. The fourth-order valence-corrected chi connectivity index (χ4v) is 4.94. The van der Waals surface area contributed by atoms with E-state index in [0.29, 0.717) is 11.3 Å². The van der Waals surface area contributed by atoms with Crippen LogP contribution in [-0.4, -0.2) is 23.5 Å². The first-order chi connectivity index (χ1) is 16.5. The molecule has 0 aliphatic rings. The molecule has 5 nitrogen and oxygen atoms in total. The fraction of sp³-hybridized carbons (Fsp3) is 0.107. The number of carbonyl (C=O) groups excluding carboxylic acids is 2. The quantitative estimate of drug-likeness (QED) is 0.299. The molecule has 1 N–H and O–H groups in total. The maximum absolute atomic E-state index is 13.1. The van der Waals surface area contributed by atoms with Crippen molar-refractivity contribution in [1.29, 1.82) is 0 Å². The number of benzene rings is 4. The summed E-state index contributed by atoms with van der Waals surface area (Å²) in [4.78, 5) is 30.3. The lowest BCUT2D eigenvalue weighted by atomic mass is 9.99. The first-order valence-electron chi connectivity index (χ1n) is 10.9. The van der Waals surface area contributed by atoms with Crippen LogP contribution in [0.3, 0.4) is 0 Å². The van der Waals surface area contributed by atoms with Gasteiger partial charge in [0.15, 0.2) is 6.61 Å². The SMILES string of the molecule is Cc1ccc(C)c(NC(=O)COC(=O)c2cccc3cccc(-c4nc5ccccc5s4)c23)c1. The number of thiazole rings is 1. The van der Waals surface area contributed by atoms with Crippen molar-refractivity contribution in [1.82, 2.24) is 4.98 Å². The van der Waals surface area contributed by atoms with Crippen LogP contribution in [0.4, 0.5) is 5.69 Å². The molecule has 0 aliphatic heterocycles. The molecule has 6 heteroatoms. The standard InChI is InChI=1S/C28H22N2O3S/c1-17-13-14-18(2)23(15-17)29-25(31)16-33-28(32)21-10-6-8-19-7-5-9-20(26(19)21)27-30-22-11-3-4-12-24(22)34-27/h3-15H,16H2,1-2H3,(H,29,31). The lowest BCUT2D eigenvalue weighted by molar-refractivity contribution is -0.119. The highest BCUT2D eigenvalue weighted by Gasteiger charge is 2.18. The van der Waals surface area contributed by atoms with Gasteiger partial charge in [-0.05, 0) is 54.6 Å². The van der Waals surface area contributed by atoms with Crippen LogP contribution in [0.2, 0.25) is 0 Å². The van der Waals surface area contributed by atoms with Gasteiger partial charge in [-0.2, -0.15) is 0 Å². The number of nitrogens with zero attached hydrogens (tertiary/aromatic N) is 1. The molecular formula is C28H22N2O3S. The predicted octanol–water partition coefficient (Wildman–Crippen LogP) is 6.53. The van der Waals surface area contributed by atoms with Crippen LogP contribution in [0.1, 0.15) is 21.5 Å². The van der Waals surface area contributed by atoms with Gasteiger partial charge < -0.3 is 10.1 Å². The highest BCUT2D eigenvalue weighted by molar-refractivity contribution is 7.21. The number of rotatable bonds is 5. The lowest BCUT2D eigenvalue weighted by Gasteiger charge is -2.12. The number of aromatic nitrogens is 1. The van der Waals surface area contributed by atoms with Crippen molar-refractivity contribution >= 4 is 49.9 Å². The molecule has 0 saturated carbocycles. The Bertz CT molecular complexity index is 1520. The molecule has 5 aromatic rings. The summed E-state index contributed by atoms with van der Waals surface area (Å²) in [6.45, 7) is 3.51. The van der Waals surface area contributed by atoms with Gasteiger partial charge in [0, 0.05) is 16.6 Å². The third-order valence-corrected chi connectivity index (χ3v) is 6.72. The van der Waals surface area contributed by atoms with E-state index in [4.69, 9.17) is 9.72 Å². The van der Waals surface area contributed by atoms with E-state index in [9.17, 15) is 9.59 Å². The Hall–Kier alpha value is -4.03. The zero-order valence-corrected chi connectivity index (χ0v) is 19.6. The first-order valence-corrected chi connectivity index (χ1v) is 11.7. The fourth-order valence-electron chi connectivity index (χ4n) is 3.94. The maximum Gasteiger partial charge on any atom is 0.339 e. The molecule has 0 bridgehead atoms. The second-order valence-corrected chi connectivity index (χ2v) is 9.17.